The quantitative estimate of drug-likeness (QED) is 0.794. The van der Waals surface area contributed by atoms with Gasteiger partial charge in [-0.2, -0.15) is 0 Å². The molecule has 0 bridgehead atoms. The molecule has 0 amide bonds. The Bertz CT molecular complexity index is 785. The zero-order valence-electron chi connectivity index (χ0n) is 14.5. The van der Waals surface area contributed by atoms with Crippen LogP contribution in [0.4, 0.5) is 0 Å². The van der Waals surface area contributed by atoms with Gasteiger partial charge in [-0.25, -0.2) is 12.7 Å². The van der Waals surface area contributed by atoms with Crippen LogP contribution in [0, 0.1) is 12.8 Å². The molecule has 5 nitrogen and oxygen atoms in total. The van der Waals surface area contributed by atoms with Gasteiger partial charge in [-0.1, -0.05) is 30.3 Å². The maximum Gasteiger partial charge on any atom is 0.218 e. The van der Waals surface area contributed by atoms with Gasteiger partial charge in [0.2, 0.25) is 10.0 Å². The Kier molecular flexibility index (Phi) is 5.71. The van der Waals surface area contributed by atoms with Crippen LogP contribution < -0.4 is 4.74 Å². The maximum absolute atomic E-state index is 12.6. The lowest BCUT2D eigenvalue weighted by Gasteiger charge is -2.31. The van der Waals surface area contributed by atoms with E-state index < -0.39 is 10.0 Å². The number of pyridine rings is 1. The molecular weight excluding hydrogens is 336 g/mol. The van der Waals surface area contributed by atoms with Gasteiger partial charge in [0.1, 0.15) is 5.75 Å². The van der Waals surface area contributed by atoms with Crippen molar-refractivity contribution in [2.45, 2.75) is 25.5 Å². The van der Waals surface area contributed by atoms with Gasteiger partial charge in [0.05, 0.1) is 12.4 Å². The first-order chi connectivity index (χ1) is 12.0. The molecule has 2 aromatic rings. The SMILES string of the molecule is Cc1cc(OCC2CCN(S(=O)(=O)Cc3ccccc3)CC2)ccn1. The Balaban J connectivity index is 1.49. The van der Waals surface area contributed by atoms with E-state index >= 15 is 0 Å². The highest BCUT2D eigenvalue weighted by Crippen LogP contribution is 2.23. The summed E-state index contributed by atoms with van der Waals surface area (Å²) in [6, 6.07) is 13.1. The number of aromatic nitrogens is 1. The molecule has 1 fully saturated rings. The first-order valence-corrected chi connectivity index (χ1v) is 10.2. The molecule has 25 heavy (non-hydrogen) atoms. The summed E-state index contributed by atoms with van der Waals surface area (Å²) in [7, 11) is -3.25. The number of ether oxygens (including phenoxy) is 1. The Morgan fingerprint density at radius 2 is 1.88 bits per heavy atom. The van der Waals surface area contributed by atoms with Crippen LogP contribution in [0.2, 0.25) is 0 Å². The third kappa shape index (κ3) is 5.03. The van der Waals surface area contributed by atoms with Crippen molar-refractivity contribution in [1.29, 1.82) is 0 Å². The smallest absolute Gasteiger partial charge is 0.218 e. The van der Waals surface area contributed by atoms with Crippen LogP contribution in [-0.2, 0) is 15.8 Å². The van der Waals surface area contributed by atoms with Gasteiger partial charge in [-0.05, 0) is 37.3 Å². The molecule has 1 aromatic carbocycles. The lowest BCUT2D eigenvalue weighted by Crippen LogP contribution is -2.40. The summed E-state index contributed by atoms with van der Waals surface area (Å²) in [4.78, 5) is 4.15. The third-order valence-corrected chi connectivity index (χ3v) is 6.36. The molecular formula is C19H24N2O3S. The molecule has 0 unspecified atom stereocenters. The minimum absolute atomic E-state index is 0.0747. The Labute approximate surface area is 149 Å². The second-order valence-electron chi connectivity index (χ2n) is 6.53. The summed E-state index contributed by atoms with van der Waals surface area (Å²) < 4.78 is 32.6. The highest BCUT2D eigenvalue weighted by Gasteiger charge is 2.28. The van der Waals surface area contributed by atoms with Crippen LogP contribution in [0.3, 0.4) is 0 Å². The number of nitrogens with zero attached hydrogens (tertiary/aromatic N) is 2. The van der Waals surface area contributed by atoms with E-state index in [-0.39, 0.29) is 5.75 Å². The van der Waals surface area contributed by atoms with Crippen molar-refractivity contribution in [3.8, 4) is 5.75 Å². The van der Waals surface area contributed by atoms with Gasteiger partial charge in [0.15, 0.2) is 0 Å². The van der Waals surface area contributed by atoms with Crippen molar-refractivity contribution in [1.82, 2.24) is 9.29 Å². The molecule has 1 aliphatic rings. The van der Waals surface area contributed by atoms with E-state index in [2.05, 4.69) is 4.98 Å². The topological polar surface area (TPSA) is 59.5 Å². The minimum atomic E-state index is -3.25. The molecule has 0 radical (unpaired) electrons. The summed E-state index contributed by atoms with van der Waals surface area (Å²) in [5, 5.41) is 0. The van der Waals surface area contributed by atoms with Crippen molar-refractivity contribution < 1.29 is 13.2 Å². The number of rotatable bonds is 6. The Hall–Kier alpha value is -1.92. The molecule has 0 aliphatic carbocycles. The largest absolute Gasteiger partial charge is 0.493 e. The number of hydrogen-bond acceptors (Lipinski definition) is 4. The van der Waals surface area contributed by atoms with Crippen LogP contribution in [0.25, 0.3) is 0 Å². The summed E-state index contributed by atoms with van der Waals surface area (Å²) in [6.45, 7) is 3.69. The average molecular weight is 360 g/mol. The highest BCUT2D eigenvalue weighted by atomic mass is 32.2. The maximum atomic E-state index is 12.6. The fourth-order valence-corrected chi connectivity index (χ4v) is 4.62. The van der Waals surface area contributed by atoms with Crippen molar-refractivity contribution in [2.75, 3.05) is 19.7 Å². The van der Waals surface area contributed by atoms with Gasteiger partial charge in [-0.15, -0.1) is 0 Å². The summed E-state index contributed by atoms with van der Waals surface area (Å²) in [5.74, 6) is 1.29. The fraction of sp³-hybridized carbons (Fsp3) is 0.421. The first-order valence-electron chi connectivity index (χ1n) is 8.60. The van der Waals surface area contributed by atoms with Crippen LogP contribution in [-0.4, -0.2) is 37.4 Å². The molecule has 0 atom stereocenters. The molecule has 3 rings (SSSR count). The molecule has 1 aromatic heterocycles. The van der Waals surface area contributed by atoms with Gasteiger partial charge < -0.3 is 4.74 Å². The second kappa shape index (κ2) is 7.97. The molecule has 0 saturated carbocycles. The van der Waals surface area contributed by atoms with Gasteiger partial charge >= 0.3 is 0 Å². The van der Waals surface area contributed by atoms with E-state index in [1.54, 1.807) is 10.5 Å². The van der Waals surface area contributed by atoms with Crippen LogP contribution >= 0.6 is 0 Å². The third-order valence-electron chi connectivity index (χ3n) is 4.51. The highest BCUT2D eigenvalue weighted by molar-refractivity contribution is 7.88. The second-order valence-corrected chi connectivity index (χ2v) is 8.50. The standard InChI is InChI=1S/C19H24N2O3S/c1-16-13-19(7-10-20-16)24-14-17-8-11-21(12-9-17)25(22,23)15-18-5-3-2-4-6-18/h2-7,10,13,17H,8-9,11-12,14-15H2,1H3. The molecule has 0 N–H and O–H groups in total. The molecule has 6 heteroatoms. The fourth-order valence-electron chi connectivity index (χ4n) is 3.05. The molecule has 134 valence electrons. The lowest BCUT2D eigenvalue weighted by atomic mass is 9.99. The van der Waals surface area contributed by atoms with Crippen LogP contribution in [0.5, 0.6) is 5.75 Å². The Morgan fingerprint density at radius 1 is 1.16 bits per heavy atom. The van der Waals surface area contributed by atoms with E-state index in [1.165, 1.54) is 0 Å². The molecule has 1 aliphatic heterocycles. The molecule has 2 heterocycles. The molecule has 1 saturated heterocycles. The van der Waals surface area contributed by atoms with E-state index in [0.717, 1.165) is 29.8 Å². The minimum Gasteiger partial charge on any atom is -0.493 e. The van der Waals surface area contributed by atoms with E-state index in [4.69, 9.17) is 4.74 Å². The zero-order chi connectivity index (χ0) is 17.7. The van der Waals surface area contributed by atoms with Crippen molar-refractivity contribution in [2.24, 2.45) is 5.92 Å². The zero-order valence-corrected chi connectivity index (χ0v) is 15.3. The van der Waals surface area contributed by atoms with Gasteiger partial charge in [0.25, 0.3) is 0 Å². The van der Waals surface area contributed by atoms with Crippen molar-refractivity contribution in [3.63, 3.8) is 0 Å². The molecule has 0 spiro atoms. The van der Waals surface area contributed by atoms with E-state index in [0.29, 0.717) is 25.6 Å². The van der Waals surface area contributed by atoms with Crippen LogP contribution in [0.1, 0.15) is 24.1 Å². The first kappa shape index (κ1) is 17.9. The predicted molar refractivity (Wildman–Crippen MR) is 97.8 cm³/mol. The predicted octanol–water partition coefficient (Wildman–Crippen LogP) is 3.01. The van der Waals surface area contributed by atoms with Crippen molar-refractivity contribution >= 4 is 10.0 Å². The Morgan fingerprint density at radius 3 is 2.56 bits per heavy atom. The number of hydrogen-bond donors (Lipinski definition) is 0. The summed E-state index contributed by atoms with van der Waals surface area (Å²) >= 11 is 0. The average Bonchev–Trinajstić information content (AvgIpc) is 2.61. The van der Waals surface area contributed by atoms with E-state index in [1.807, 2.05) is 49.4 Å². The number of aryl methyl sites for hydroxylation is 1. The normalized spacial score (nSPS) is 16.7. The van der Waals surface area contributed by atoms with Crippen LogP contribution in [0.15, 0.2) is 48.7 Å². The number of benzene rings is 1. The lowest BCUT2D eigenvalue weighted by molar-refractivity contribution is 0.185. The van der Waals surface area contributed by atoms with Gasteiger partial charge in [0, 0.05) is 31.0 Å². The number of sulfonamides is 1. The monoisotopic (exact) mass is 360 g/mol. The summed E-state index contributed by atoms with van der Waals surface area (Å²) in [5.41, 5.74) is 1.76. The van der Waals surface area contributed by atoms with E-state index in [9.17, 15) is 8.42 Å². The van der Waals surface area contributed by atoms with Gasteiger partial charge in [-0.3, -0.25) is 4.98 Å². The van der Waals surface area contributed by atoms with Crippen molar-refractivity contribution in [3.05, 3.63) is 59.9 Å². The number of piperidine rings is 1. The summed E-state index contributed by atoms with van der Waals surface area (Å²) in [6.07, 6.45) is 3.40.